The zero-order valence-electron chi connectivity index (χ0n) is 17.6. The summed E-state index contributed by atoms with van der Waals surface area (Å²) in [7, 11) is -3.89. The van der Waals surface area contributed by atoms with Gasteiger partial charge in [0.15, 0.2) is 5.82 Å². The largest absolute Gasteiger partial charge is 0.366 e. The highest BCUT2D eigenvalue weighted by Crippen LogP contribution is 2.32. The minimum atomic E-state index is -3.89. The van der Waals surface area contributed by atoms with Gasteiger partial charge in [0.05, 0.1) is 9.82 Å². The van der Waals surface area contributed by atoms with E-state index in [1.807, 2.05) is 4.90 Å². The molecule has 0 saturated carbocycles. The number of aromatic nitrogens is 1. The monoisotopic (exact) mass is 471 g/mol. The Morgan fingerprint density at radius 3 is 2.42 bits per heavy atom. The van der Waals surface area contributed by atoms with Crippen LogP contribution in [0.15, 0.2) is 57.9 Å². The molecular formula is C21H21N5O6S. The summed E-state index contributed by atoms with van der Waals surface area (Å²) >= 11 is 0. The Morgan fingerprint density at radius 2 is 1.82 bits per heavy atom. The van der Waals surface area contributed by atoms with E-state index >= 15 is 0 Å². The number of aryl methyl sites for hydroxylation is 1. The summed E-state index contributed by atoms with van der Waals surface area (Å²) in [6.07, 6.45) is 1.94. The minimum absolute atomic E-state index is 0.0354. The molecule has 1 saturated heterocycles. The summed E-state index contributed by atoms with van der Waals surface area (Å²) in [5.41, 5.74) is 0.838. The van der Waals surface area contributed by atoms with Crippen LogP contribution in [0.5, 0.6) is 0 Å². The van der Waals surface area contributed by atoms with Gasteiger partial charge in [-0.15, -0.1) is 0 Å². The molecule has 1 fully saturated rings. The zero-order chi connectivity index (χ0) is 23.6. The third kappa shape index (κ3) is 4.95. The number of nitro benzene ring substituents is 1. The van der Waals surface area contributed by atoms with Gasteiger partial charge < -0.3 is 14.7 Å². The highest BCUT2D eigenvalue weighted by molar-refractivity contribution is 7.92. The second-order valence-corrected chi connectivity index (χ2v) is 9.24. The molecule has 1 aliphatic rings. The molecule has 12 heteroatoms. The van der Waals surface area contributed by atoms with Gasteiger partial charge in [-0.25, -0.2) is 8.42 Å². The predicted octanol–water partition coefficient (Wildman–Crippen LogP) is 3.54. The van der Waals surface area contributed by atoms with Crippen molar-refractivity contribution in [3.63, 3.8) is 0 Å². The van der Waals surface area contributed by atoms with Gasteiger partial charge in [0.25, 0.3) is 21.6 Å². The normalized spacial score (nSPS) is 13.7. The molecule has 2 heterocycles. The van der Waals surface area contributed by atoms with Crippen LogP contribution in [0.4, 0.5) is 22.9 Å². The highest BCUT2D eigenvalue weighted by atomic mass is 32.2. The van der Waals surface area contributed by atoms with Crippen molar-refractivity contribution in [2.45, 2.75) is 24.7 Å². The molecule has 172 valence electrons. The quantitative estimate of drug-likeness (QED) is 0.393. The lowest BCUT2D eigenvalue weighted by molar-refractivity contribution is -0.384. The summed E-state index contributed by atoms with van der Waals surface area (Å²) in [5, 5.41) is 17.8. The maximum absolute atomic E-state index is 12.7. The third-order valence-electron chi connectivity index (χ3n) is 5.17. The van der Waals surface area contributed by atoms with Crippen LogP contribution in [-0.4, -0.2) is 37.5 Å². The second-order valence-electron chi connectivity index (χ2n) is 7.56. The van der Waals surface area contributed by atoms with E-state index < -0.39 is 20.9 Å². The first-order chi connectivity index (χ1) is 15.7. The minimum Gasteiger partial charge on any atom is -0.366 e. The maximum Gasteiger partial charge on any atom is 0.293 e. The van der Waals surface area contributed by atoms with Gasteiger partial charge in [-0.2, -0.15) is 0 Å². The van der Waals surface area contributed by atoms with Gasteiger partial charge >= 0.3 is 0 Å². The van der Waals surface area contributed by atoms with E-state index in [2.05, 4.69) is 15.2 Å². The van der Waals surface area contributed by atoms with Crippen LogP contribution < -0.4 is 14.9 Å². The summed E-state index contributed by atoms with van der Waals surface area (Å²) in [4.78, 5) is 25.6. The lowest BCUT2D eigenvalue weighted by atomic mass is 10.1. The summed E-state index contributed by atoms with van der Waals surface area (Å²) < 4.78 is 32.1. The number of anilines is 3. The van der Waals surface area contributed by atoms with E-state index in [0.717, 1.165) is 25.9 Å². The van der Waals surface area contributed by atoms with E-state index in [-0.39, 0.29) is 22.0 Å². The number of nitrogens with one attached hydrogen (secondary N) is 2. The smallest absolute Gasteiger partial charge is 0.293 e. The Morgan fingerprint density at radius 1 is 1.12 bits per heavy atom. The first-order valence-corrected chi connectivity index (χ1v) is 11.6. The molecule has 11 nitrogen and oxygen atoms in total. The topological polar surface area (TPSA) is 148 Å². The SMILES string of the molecule is Cc1cc(NS(=O)(=O)c2ccc(NC(=O)c3ccc(N4CCCC4)c([N+](=O)[O-])c3)cc2)no1. The Labute approximate surface area is 189 Å². The molecule has 1 amide bonds. The van der Waals surface area contributed by atoms with E-state index in [9.17, 15) is 23.3 Å². The van der Waals surface area contributed by atoms with Crippen molar-refractivity contribution >= 4 is 38.8 Å². The third-order valence-corrected chi connectivity index (χ3v) is 6.54. The van der Waals surface area contributed by atoms with Gasteiger partial charge in [-0.05, 0) is 56.2 Å². The molecule has 1 aliphatic heterocycles. The number of hydrogen-bond acceptors (Lipinski definition) is 8. The first kappa shape index (κ1) is 22.3. The van der Waals surface area contributed by atoms with Crippen molar-refractivity contribution in [1.29, 1.82) is 0 Å². The first-order valence-electron chi connectivity index (χ1n) is 10.1. The van der Waals surface area contributed by atoms with Crippen molar-refractivity contribution in [2.24, 2.45) is 0 Å². The lowest BCUT2D eigenvalue weighted by Gasteiger charge is -2.17. The Balaban J connectivity index is 1.48. The van der Waals surface area contributed by atoms with Gasteiger partial charge in [0.1, 0.15) is 11.4 Å². The van der Waals surface area contributed by atoms with E-state index in [4.69, 9.17) is 4.52 Å². The van der Waals surface area contributed by atoms with Crippen LogP contribution >= 0.6 is 0 Å². The number of nitro groups is 1. The Bertz CT molecular complexity index is 1300. The molecule has 3 aromatic rings. The average molecular weight is 471 g/mol. The van der Waals surface area contributed by atoms with Crippen molar-refractivity contribution in [3.05, 3.63) is 70.0 Å². The zero-order valence-corrected chi connectivity index (χ0v) is 18.5. The van der Waals surface area contributed by atoms with Crippen LogP contribution in [0.3, 0.4) is 0 Å². The highest BCUT2D eigenvalue weighted by Gasteiger charge is 2.24. The fourth-order valence-electron chi connectivity index (χ4n) is 3.57. The van der Waals surface area contributed by atoms with Crippen LogP contribution in [0, 0.1) is 17.0 Å². The number of rotatable bonds is 7. The molecular weight excluding hydrogens is 450 g/mol. The average Bonchev–Trinajstić information content (AvgIpc) is 3.45. The van der Waals surface area contributed by atoms with Crippen molar-refractivity contribution in [1.82, 2.24) is 5.16 Å². The second kappa shape index (κ2) is 8.90. The predicted molar refractivity (Wildman–Crippen MR) is 121 cm³/mol. The lowest BCUT2D eigenvalue weighted by Crippen LogP contribution is -2.20. The fraction of sp³-hybridized carbons (Fsp3) is 0.238. The number of hydrogen-bond donors (Lipinski definition) is 2. The van der Waals surface area contributed by atoms with Crippen LogP contribution in [0.25, 0.3) is 0 Å². The molecule has 0 spiro atoms. The number of amides is 1. The molecule has 4 rings (SSSR count). The van der Waals surface area contributed by atoms with Gasteiger partial charge in [0.2, 0.25) is 0 Å². The van der Waals surface area contributed by atoms with E-state index in [1.165, 1.54) is 36.4 Å². The molecule has 0 radical (unpaired) electrons. The van der Waals surface area contributed by atoms with Crippen molar-refractivity contribution < 1.29 is 22.7 Å². The number of sulfonamides is 1. The Hall–Kier alpha value is -3.93. The van der Waals surface area contributed by atoms with Gasteiger partial charge in [-0.3, -0.25) is 19.6 Å². The summed E-state index contributed by atoms with van der Waals surface area (Å²) in [5.74, 6) is -0.0267. The molecule has 0 aliphatic carbocycles. The van der Waals surface area contributed by atoms with Crippen LogP contribution in [-0.2, 0) is 10.0 Å². The van der Waals surface area contributed by atoms with E-state index in [0.29, 0.717) is 17.1 Å². The number of carbonyl (C=O) groups excluding carboxylic acids is 1. The molecule has 33 heavy (non-hydrogen) atoms. The molecule has 0 bridgehead atoms. The van der Waals surface area contributed by atoms with Crippen LogP contribution in [0.2, 0.25) is 0 Å². The molecule has 0 unspecified atom stereocenters. The van der Waals surface area contributed by atoms with Crippen molar-refractivity contribution in [3.8, 4) is 0 Å². The number of carbonyl (C=O) groups is 1. The number of nitrogens with zero attached hydrogens (tertiary/aromatic N) is 3. The van der Waals surface area contributed by atoms with E-state index in [1.54, 1.807) is 19.1 Å². The van der Waals surface area contributed by atoms with Crippen molar-refractivity contribution in [2.75, 3.05) is 28.0 Å². The summed E-state index contributed by atoms with van der Waals surface area (Å²) in [6.45, 7) is 3.12. The molecule has 2 N–H and O–H groups in total. The molecule has 1 aromatic heterocycles. The van der Waals surface area contributed by atoms with Gasteiger partial charge in [0, 0.05) is 36.5 Å². The fourth-order valence-corrected chi connectivity index (χ4v) is 4.55. The maximum atomic E-state index is 12.7. The number of benzene rings is 2. The standard InChI is InChI=1S/C21H21N5O6S/c1-14-12-20(23-32-14)24-33(30,31)17-7-5-16(6-8-17)22-21(27)15-4-9-18(19(13-15)26(28)29)25-10-2-3-11-25/h4-9,12-13H,2-3,10-11H2,1H3,(H,22,27)(H,23,24). The molecule has 2 aromatic carbocycles. The van der Waals surface area contributed by atoms with Crippen LogP contribution in [0.1, 0.15) is 29.0 Å². The summed E-state index contributed by atoms with van der Waals surface area (Å²) in [6, 6.07) is 11.3. The van der Waals surface area contributed by atoms with Gasteiger partial charge in [-0.1, -0.05) is 5.16 Å². The molecule has 0 atom stereocenters. The Kier molecular flexibility index (Phi) is 6.01.